The molecule has 0 amide bonds. The first-order valence-corrected chi connectivity index (χ1v) is 8.93. The van der Waals surface area contributed by atoms with Gasteiger partial charge in [-0.05, 0) is 23.4 Å². The van der Waals surface area contributed by atoms with E-state index in [-0.39, 0.29) is 0 Å². The van der Waals surface area contributed by atoms with E-state index in [4.69, 9.17) is 0 Å². The minimum Gasteiger partial charge on any atom is -0.309 e. The summed E-state index contributed by atoms with van der Waals surface area (Å²) in [7, 11) is -0.692. The molecular formula is C11H17NOS3. The van der Waals surface area contributed by atoms with Crippen molar-refractivity contribution in [1.82, 2.24) is 5.32 Å². The Morgan fingerprint density at radius 3 is 3.19 bits per heavy atom. The first-order chi connectivity index (χ1) is 7.66. The lowest BCUT2D eigenvalue weighted by molar-refractivity contribution is 0.504. The van der Waals surface area contributed by atoms with Gasteiger partial charge in [0.1, 0.15) is 0 Å². The predicted molar refractivity (Wildman–Crippen MR) is 73.9 cm³/mol. The normalized spacial score (nSPS) is 26.4. The first-order valence-electron chi connectivity index (χ1n) is 5.44. The number of hydrogen-bond acceptors (Lipinski definition) is 4. The zero-order valence-corrected chi connectivity index (χ0v) is 12.0. The molecule has 0 bridgehead atoms. The highest BCUT2D eigenvalue weighted by molar-refractivity contribution is 8.01. The number of nitrogens with one attached hydrogen (secondary N) is 1. The van der Waals surface area contributed by atoms with Gasteiger partial charge in [-0.2, -0.15) is 0 Å². The lowest BCUT2D eigenvalue weighted by Crippen LogP contribution is -2.29. The van der Waals surface area contributed by atoms with E-state index in [1.165, 1.54) is 16.2 Å². The molecule has 0 aliphatic carbocycles. The second-order valence-corrected chi connectivity index (χ2v) is 8.29. The quantitative estimate of drug-likeness (QED) is 0.916. The molecule has 0 aromatic carbocycles. The van der Waals surface area contributed by atoms with Crippen molar-refractivity contribution in [3.8, 4) is 0 Å². The van der Waals surface area contributed by atoms with Crippen molar-refractivity contribution < 1.29 is 4.21 Å². The van der Waals surface area contributed by atoms with Gasteiger partial charge in [-0.25, -0.2) is 0 Å². The summed E-state index contributed by atoms with van der Waals surface area (Å²) < 4.78 is 12.5. The molecule has 0 saturated carbocycles. The maximum atomic E-state index is 11.0. The summed E-state index contributed by atoms with van der Waals surface area (Å²) in [6, 6.07) is 2.68. The van der Waals surface area contributed by atoms with Gasteiger partial charge in [0.05, 0.1) is 4.21 Å². The second kappa shape index (κ2) is 5.67. The van der Waals surface area contributed by atoms with Crippen molar-refractivity contribution in [3.63, 3.8) is 0 Å². The molecule has 0 fully saturated rings. The second-order valence-electron chi connectivity index (χ2n) is 4.11. The molecule has 16 heavy (non-hydrogen) atoms. The fraction of sp³-hybridized carbons (Fsp3) is 0.636. The highest BCUT2D eigenvalue weighted by Crippen LogP contribution is 2.43. The third kappa shape index (κ3) is 3.09. The standard InChI is InChI=1S/C11H17NOS3/c1-8-7-10(12-4-6-16(2)13)9-3-5-14-11(9)15-8/h3,5,8,10,12H,4,6-7H2,1-2H3/t8-,10?,16?/m0/s1. The smallest absolute Gasteiger partial charge is 0.0649 e. The topological polar surface area (TPSA) is 29.1 Å². The van der Waals surface area contributed by atoms with Crippen LogP contribution in [0.2, 0.25) is 0 Å². The predicted octanol–water partition coefficient (Wildman–Crippen LogP) is 2.64. The molecule has 2 unspecified atom stereocenters. The van der Waals surface area contributed by atoms with E-state index in [1.807, 2.05) is 23.1 Å². The SMILES string of the molecule is C[C@H]1CC(NCCS(C)=O)c2ccsc2S1. The molecule has 2 nitrogen and oxygen atoms in total. The van der Waals surface area contributed by atoms with Gasteiger partial charge in [0.25, 0.3) is 0 Å². The van der Waals surface area contributed by atoms with E-state index in [1.54, 1.807) is 6.26 Å². The molecule has 5 heteroatoms. The van der Waals surface area contributed by atoms with E-state index in [0.717, 1.165) is 12.3 Å². The van der Waals surface area contributed by atoms with Gasteiger partial charge in [-0.15, -0.1) is 23.1 Å². The molecule has 3 atom stereocenters. The van der Waals surface area contributed by atoms with E-state index >= 15 is 0 Å². The summed E-state index contributed by atoms with van der Waals surface area (Å²) >= 11 is 3.82. The molecule has 90 valence electrons. The van der Waals surface area contributed by atoms with Crippen molar-refractivity contribution >= 4 is 33.9 Å². The number of thioether (sulfide) groups is 1. The fourth-order valence-corrected chi connectivity index (χ4v) is 4.89. The molecule has 0 saturated heterocycles. The Morgan fingerprint density at radius 2 is 2.44 bits per heavy atom. The lowest BCUT2D eigenvalue weighted by atomic mass is 10.1. The van der Waals surface area contributed by atoms with Crippen LogP contribution in [0.3, 0.4) is 0 Å². The van der Waals surface area contributed by atoms with Crippen molar-refractivity contribution in [1.29, 1.82) is 0 Å². The Labute approximate surface area is 108 Å². The van der Waals surface area contributed by atoms with Gasteiger partial charge in [0.2, 0.25) is 0 Å². The largest absolute Gasteiger partial charge is 0.309 e. The van der Waals surface area contributed by atoms with Crippen LogP contribution in [0.5, 0.6) is 0 Å². The van der Waals surface area contributed by atoms with Crippen molar-refractivity contribution in [3.05, 3.63) is 17.0 Å². The van der Waals surface area contributed by atoms with Gasteiger partial charge >= 0.3 is 0 Å². The number of rotatable bonds is 4. The Balaban J connectivity index is 1.97. The van der Waals surface area contributed by atoms with Crippen molar-refractivity contribution in [2.45, 2.75) is 28.8 Å². The third-order valence-electron chi connectivity index (χ3n) is 2.69. The molecule has 1 aliphatic rings. The van der Waals surface area contributed by atoms with E-state index in [0.29, 0.717) is 11.3 Å². The minimum atomic E-state index is -0.692. The van der Waals surface area contributed by atoms with E-state index in [2.05, 4.69) is 23.7 Å². The Morgan fingerprint density at radius 1 is 1.62 bits per heavy atom. The fourth-order valence-electron chi connectivity index (χ4n) is 1.92. The Kier molecular flexibility index (Phi) is 4.47. The van der Waals surface area contributed by atoms with Crippen molar-refractivity contribution in [2.24, 2.45) is 0 Å². The van der Waals surface area contributed by atoms with Crippen molar-refractivity contribution in [2.75, 3.05) is 18.6 Å². The molecule has 1 N–H and O–H groups in total. The minimum absolute atomic E-state index is 0.459. The Hall–Kier alpha value is 0.160. The lowest BCUT2D eigenvalue weighted by Gasteiger charge is -2.27. The molecule has 0 radical (unpaired) electrons. The molecule has 2 heterocycles. The number of hydrogen-bond donors (Lipinski definition) is 1. The highest BCUT2D eigenvalue weighted by atomic mass is 32.2. The third-order valence-corrected chi connectivity index (χ3v) is 5.81. The molecular weight excluding hydrogens is 258 g/mol. The van der Waals surface area contributed by atoms with Gasteiger partial charge in [0.15, 0.2) is 0 Å². The van der Waals surface area contributed by atoms with Crippen LogP contribution in [0.1, 0.15) is 24.9 Å². The summed E-state index contributed by atoms with van der Waals surface area (Å²) in [6.07, 6.45) is 2.93. The highest BCUT2D eigenvalue weighted by Gasteiger charge is 2.25. The molecule has 0 spiro atoms. The summed E-state index contributed by atoms with van der Waals surface area (Å²) in [4.78, 5) is 0. The average Bonchev–Trinajstić information content (AvgIpc) is 2.64. The molecule has 1 aromatic rings. The molecule has 1 aliphatic heterocycles. The first kappa shape index (κ1) is 12.6. The Bertz CT molecular complexity index is 377. The summed E-state index contributed by atoms with van der Waals surface area (Å²) in [5.74, 6) is 0.748. The van der Waals surface area contributed by atoms with Gasteiger partial charge < -0.3 is 5.32 Å². The van der Waals surface area contributed by atoms with Crippen LogP contribution < -0.4 is 5.32 Å². The van der Waals surface area contributed by atoms with Crippen LogP contribution >= 0.6 is 23.1 Å². The maximum absolute atomic E-state index is 11.0. The van der Waals surface area contributed by atoms with Crippen LogP contribution in [0.4, 0.5) is 0 Å². The summed E-state index contributed by atoms with van der Waals surface area (Å²) in [5, 5.41) is 6.37. The molecule has 2 rings (SSSR count). The monoisotopic (exact) mass is 275 g/mol. The van der Waals surface area contributed by atoms with Gasteiger partial charge in [-0.3, -0.25) is 4.21 Å². The molecule has 1 aromatic heterocycles. The van der Waals surface area contributed by atoms with E-state index in [9.17, 15) is 4.21 Å². The van der Waals surface area contributed by atoms with Crippen LogP contribution in [0.15, 0.2) is 15.7 Å². The van der Waals surface area contributed by atoms with Gasteiger partial charge in [-0.1, -0.05) is 6.92 Å². The number of thiophene rings is 1. The van der Waals surface area contributed by atoms with Gasteiger partial charge in [0, 0.05) is 40.6 Å². The summed E-state index contributed by atoms with van der Waals surface area (Å²) in [6.45, 7) is 3.13. The van der Waals surface area contributed by atoms with Crippen LogP contribution in [0, 0.1) is 0 Å². The zero-order valence-electron chi connectivity index (χ0n) is 9.56. The zero-order chi connectivity index (χ0) is 11.5. The summed E-state index contributed by atoms with van der Waals surface area (Å²) in [5.41, 5.74) is 1.44. The average molecular weight is 275 g/mol. The van der Waals surface area contributed by atoms with Crippen LogP contribution in [0.25, 0.3) is 0 Å². The van der Waals surface area contributed by atoms with Crippen LogP contribution in [-0.4, -0.2) is 28.0 Å². The number of fused-ring (bicyclic) bond motifs is 1. The van der Waals surface area contributed by atoms with Crippen LogP contribution in [-0.2, 0) is 10.8 Å². The van der Waals surface area contributed by atoms with E-state index < -0.39 is 10.8 Å². The maximum Gasteiger partial charge on any atom is 0.0649 e.